The third kappa shape index (κ3) is 4.10. The minimum absolute atomic E-state index is 0.253. The average molecular weight is 292 g/mol. The van der Waals surface area contributed by atoms with Crippen molar-refractivity contribution in [1.82, 2.24) is 10.2 Å². The fourth-order valence-electron chi connectivity index (χ4n) is 4.07. The van der Waals surface area contributed by atoms with E-state index in [9.17, 15) is 13.2 Å². The number of hydrogen-bond donors (Lipinski definition) is 1. The zero-order valence-corrected chi connectivity index (χ0v) is 12.5. The summed E-state index contributed by atoms with van der Waals surface area (Å²) in [5.74, 6) is 0.553. The Hall–Kier alpha value is -0.290. The monoisotopic (exact) mass is 292 g/mol. The largest absolute Gasteiger partial charge is 0.389 e. The smallest absolute Gasteiger partial charge is 0.314 e. The zero-order valence-electron chi connectivity index (χ0n) is 12.5. The van der Waals surface area contributed by atoms with Gasteiger partial charge in [0.2, 0.25) is 0 Å². The van der Waals surface area contributed by atoms with Crippen LogP contribution in [0.3, 0.4) is 0 Å². The van der Waals surface area contributed by atoms with E-state index in [1.807, 2.05) is 6.92 Å². The molecule has 2 fully saturated rings. The Balaban J connectivity index is 1.85. The number of piperidine rings is 1. The highest BCUT2D eigenvalue weighted by atomic mass is 19.4. The quantitative estimate of drug-likeness (QED) is 0.805. The predicted molar refractivity (Wildman–Crippen MR) is 74.7 cm³/mol. The van der Waals surface area contributed by atoms with Crippen LogP contribution < -0.4 is 5.32 Å². The third-order valence-corrected chi connectivity index (χ3v) is 5.15. The summed E-state index contributed by atoms with van der Waals surface area (Å²) in [5, 5.41) is 3.44. The minimum atomic E-state index is -4.01. The van der Waals surface area contributed by atoms with Crippen LogP contribution in [-0.4, -0.2) is 42.8 Å². The Morgan fingerprint density at radius 2 is 1.80 bits per heavy atom. The van der Waals surface area contributed by atoms with Gasteiger partial charge in [0.15, 0.2) is 0 Å². The molecule has 2 rings (SSSR count). The van der Waals surface area contributed by atoms with Crippen molar-refractivity contribution >= 4 is 0 Å². The molecule has 0 saturated carbocycles. The first kappa shape index (κ1) is 16.1. The van der Waals surface area contributed by atoms with Gasteiger partial charge in [0.05, 0.1) is 0 Å². The van der Waals surface area contributed by atoms with Crippen LogP contribution in [0.5, 0.6) is 0 Å². The molecule has 2 aliphatic heterocycles. The summed E-state index contributed by atoms with van der Waals surface area (Å²) in [6, 6.07) is 1.57. The van der Waals surface area contributed by atoms with Crippen molar-refractivity contribution in [3.8, 4) is 0 Å². The van der Waals surface area contributed by atoms with Crippen LogP contribution in [0.1, 0.15) is 51.9 Å². The van der Waals surface area contributed by atoms with Crippen LogP contribution >= 0.6 is 0 Å². The van der Waals surface area contributed by atoms with E-state index in [-0.39, 0.29) is 12.5 Å². The number of nitrogens with zero attached hydrogens (tertiary/aromatic N) is 1. The molecule has 0 aromatic carbocycles. The van der Waals surface area contributed by atoms with Gasteiger partial charge in [-0.15, -0.1) is 0 Å². The molecule has 0 spiro atoms. The second-order valence-electron chi connectivity index (χ2n) is 6.45. The van der Waals surface area contributed by atoms with Crippen molar-refractivity contribution in [3.05, 3.63) is 0 Å². The first-order valence-corrected chi connectivity index (χ1v) is 7.92. The van der Waals surface area contributed by atoms with E-state index in [0.717, 1.165) is 19.4 Å². The molecule has 2 bridgehead atoms. The van der Waals surface area contributed by atoms with E-state index in [1.54, 1.807) is 0 Å². The van der Waals surface area contributed by atoms with Gasteiger partial charge >= 0.3 is 6.18 Å². The van der Waals surface area contributed by atoms with Gasteiger partial charge in [0.1, 0.15) is 0 Å². The molecule has 0 aromatic rings. The maximum Gasteiger partial charge on any atom is 0.389 e. The third-order valence-electron chi connectivity index (χ3n) is 5.15. The van der Waals surface area contributed by atoms with E-state index < -0.39 is 12.6 Å². The molecule has 2 saturated heterocycles. The fourth-order valence-corrected chi connectivity index (χ4v) is 4.07. The van der Waals surface area contributed by atoms with E-state index in [1.165, 1.54) is 12.8 Å². The maximum atomic E-state index is 12.3. The molecule has 0 aliphatic carbocycles. The molecule has 2 nitrogen and oxygen atoms in total. The van der Waals surface area contributed by atoms with Gasteiger partial charge < -0.3 is 10.2 Å². The summed E-state index contributed by atoms with van der Waals surface area (Å²) < 4.78 is 36.9. The van der Waals surface area contributed by atoms with E-state index >= 15 is 0 Å². The summed E-state index contributed by atoms with van der Waals surface area (Å²) in [4.78, 5) is 2.48. The molecule has 3 atom stereocenters. The summed E-state index contributed by atoms with van der Waals surface area (Å²) in [5.41, 5.74) is 0. The van der Waals surface area contributed by atoms with Gasteiger partial charge in [-0.2, -0.15) is 13.2 Å². The topological polar surface area (TPSA) is 15.3 Å². The van der Waals surface area contributed by atoms with E-state index in [2.05, 4.69) is 17.3 Å². The lowest BCUT2D eigenvalue weighted by Crippen LogP contribution is -2.47. The molecule has 0 amide bonds. The molecule has 0 aromatic heterocycles. The Morgan fingerprint density at radius 3 is 2.30 bits per heavy atom. The number of nitrogens with one attached hydrogen (secondary N) is 1. The van der Waals surface area contributed by atoms with Crippen LogP contribution in [0.25, 0.3) is 0 Å². The molecular weight excluding hydrogens is 265 g/mol. The Bertz CT molecular complexity index is 292. The summed E-state index contributed by atoms with van der Waals surface area (Å²) in [7, 11) is 2.20. The first-order chi connectivity index (χ1) is 9.40. The molecule has 1 N–H and O–H groups in total. The molecular formula is C15H27F3N2. The van der Waals surface area contributed by atoms with Crippen molar-refractivity contribution in [2.45, 2.75) is 76.2 Å². The summed E-state index contributed by atoms with van der Waals surface area (Å²) in [6.07, 6.45) is 1.08. The van der Waals surface area contributed by atoms with Crippen LogP contribution in [0.15, 0.2) is 0 Å². The number of fused-ring (bicyclic) bond motifs is 2. The number of alkyl halides is 3. The minimum Gasteiger partial charge on any atom is -0.314 e. The Labute approximate surface area is 120 Å². The first-order valence-electron chi connectivity index (χ1n) is 7.92. The van der Waals surface area contributed by atoms with Gasteiger partial charge in [0.25, 0.3) is 0 Å². The number of rotatable bonds is 6. The Kier molecular flexibility index (Phi) is 5.35. The highest BCUT2D eigenvalue weighted by Crippen LogP contribution is 2.39. The lowest BCUT2D eigenvalue weighted by Gasteiger charge is -2.40. The molecule has 5 heteroatoms. The molecule has 0 radical (unpaired) electrons. The second-order valence-corrected chi connectivity index (χ2v) is 6.45. The van der Waals surface area contributed by atoms with Crippen LogP contribution in [0, 0.1) is 5.92 Å². The molecule has 20 heavy (non-hydrogen) atoms. The van der Waals surface area contributed by atoms with Crippen LogP contribution in [0.4, 0.5) is 13.2 Å². The van der Waals surface area contributed by atoms with Gasteiger partial charge in [-0.3, -0.25) is 0 Å². The van der Waals surface area contributed by atoms with Crippen molar-refractivity contribution in [2.24, 2.45) is 5.92 Å². The molecule has 118 valence electrons. The Morgan fingerprint density at radius 1 is 1.20 bits per heavy atom. The normalized spacial score (nSPS) is 32.5. The van der Waals surface area contributed by atoms with Gasteiger partial charge in [-0.1, -0.05) is 6.92 Å². The number of halogens is 3. The van der Waals surface area contributed by atoms with Crippen molar-refractivity contribution < 1.29 is 13.2 Å². The van der Waals surface area contributed by atoms with Crippen molar-refractivity contribution in [3.63, 3.8) is 0 Å². The second kappa shape index (κ2) is 6.65. The van der Waals surface area contributed by atoms with Crippen molar-refractivity contribution in [2.75, 3.05) is 13.6 Å². The number of hydrogen-bond acceptors (Lipinski definition) is 2. The highest BCUT2D eigenvalue weighted by molar-refractivity contribution is 4.96. The summed E-state index contributed by atoms with van der Waals surface area (Å²) >= 11 is 0. The van der Waals surface area contributed by atoms with Crippen molar-refractivity contribution in [1.29, 1.82) is 0 Å². The van der Waals surface area contributed by atoms with Gasteiger partial charge in [-0.25, -0.2) is 0 Å². The average Bonchev–Trinajstić information content (AvgIpc) is 2.60. The zero-order chi connectivity index (χ0) is 14.8. The fraction of sp³-hybridized carbons (Fsp3) is 1.00. The molecule has 3 unspecified atom stereocenters. The van der Waals surface area contributed by atoms with Gasteiger partial charge in [-0.05, 0) is 58.0 Å². The van der Waals surface area contributed by atoms with Crippen LogP contribution in [-0.2, 0) is 0 Å². The van der Waals surface area contributed by atoms with Gasteiger partial charge in [0, 0.05) is 24.5 Å². The standard InChI is InChI=1S/C15H27F3N2/c1-3-19-14(5-4-8-15(16,17)18)11-9-12-6-7-13(10-11)20(12)2/h11-14,19H,3-10H2,1-2H3. The van der Waals surface area contributed by atoms with E-state index in [0.29, 0.717) is 24.4 Å². The molecule has 2 aliphatic rings. The van der Waals surface area contributed by atoms with E-state index in [4.69, 9.17) is 0 Å². The van der Waals surface area contributed by atoms with Crippen LogP contribution in [0.2, 0.25) is 0 Å². The molecule has 2 heterocycles. The SMILES string of the molecule is CCNC(CCCC(F)(F)F)C1CC2CCC(C1)N2C. The maximum absolute atomic E-state index is 12.3. The lowest BCUT2D eigenvalue weighted by molar-refractivity contribution is -0.136. The highest BCUT2D eigenvalue weighted by Gasteiger charge is 2.40. The predicted octanol–water partition coefficient (Wildman–Crippen LogP) is 3.57. The summed E-state index contributed by atoms with van der Waals surface area (Å²) in [6.45, 7) is 2.89. The lowest BCUT2D eigenvalue weighted by atomic mass is 9.83.